The van der Waals surface area contributed by atoms with Gasteiger partial charge in [-0.2, -0.15) is 0 Å². The second-order valence-corrected chi connectivity index (χ2v) is 4.95. The van der Waals surface area contributed by atoms with E-state index in [2.05, 4.69) is 22.5 Å². The number of carbonyl (C=O) groups is 2. The van der Waals surface area contributed by atoms with Crippen LogP contribution in [0.1, 0.15) is 32.6 Å². The molecule has 2 N–H and O–H groups in total. The molecule has 2 aliphatic rings. The van der Waals surface area contributed by atoms with Crippen LogP contribution < -0.4 is 10.6 Å². The van der Waals surface area contributed by atoms with Gasteiger partial charge in [0, 0.05) is 6.04 Å². The number of piperidine rings is 1. The quantitative estimate of drug-likeness (QED) is 0.671. The van der Waals surface area contributed by atoms with Gasteiger partial charge in [0.1, 0.15) is 0 Å². The van der Waals surface area contributed by atoms with Crippen molar-refractivity contribution < 1.29 is 9.59 Å². The van der Waals surface area contributed by atoms with Gasteiger partial charge in [-0.3, -0.25) is 14.9 Å². The molecule has 5 nitrogen and oxygen atoms in total. The third kappa shape index (κ3) is 3.26. The van der Waals surface area contributed by atoms with Crippen LogP contribution in [0, 0.1) is 0 Å². The monoisotopic (exact) mass is 239 g/mol. The highest BCUT2D eigenvalue weighted by atomic mass is 16.2. The standard InChI is InChI=1S/C12H21N3O2/c1-2-5-15-6-3-9(4-7-15)13-10-8-11(16)14-12(10)17/h9-10,13H,2-8H2,1H3,(H,14,16,17). The zero-order valence-corrected chi connectivity index (χ0v) is 10.4. The minimum absolute atomic E-state index is 0.157. The summed E-state index contributed by atoms with van der Waals surface area (Å²) < 4.78 is 0. The number of hydrogen-bond acceptors (Lipinski definition) is 4. The van der Waals surface area contributed by atoms with Gasteiger partial charge in [-0.05, 0) is 38.9 Å². The average Bonchev–Trinajstić information content (AvgIpc) is 2.61. The second kappa shape index (κ2) is 5.60. The summed E-state index contributed by atoms with van der Waals surface area (Å²) in [5.74, 6) is -0.318. The molecule has 2 fully saturated rings. The van der Waals surface area contributed by atoms with Crippen molar-refractivity contribution >= 4 is 11.8 Å². The van der Waals surface area contributed by atoms with Crippen molar-refractivity contribution in [3.8, 4) is 0 Å². The smallest absolute Gasteiger partial charge is 0.244 e. The Balaban J connectivity index is 1.74. The lowest BCUT2D eigenvalue weighted by Crippen LogP contribution is -2.48. The maximum atomic E-state index is 11.4. The minimum Gasteiger partial charge on any atom is -0.303 e. The molecule has 2 saturated heterocycles. The fourth-order valence-corrected chi connectivity index (χ4v) is 2.61. The van der Waals surface area contributed by atoms with Gasteiger partial charge in [0.05, 0.1) is 12.5 Å². The molecule has 96 valence electrons. The van der Waals surface area contributed by atoms with E-state index < -0.39 is 0 Å². The Morgan fingerprint density at radius 3 is 2.59 bits per heavy atom. The maximum absolute atomic E-state index is 11.4. The lowest BCUT2D eigenvalue weighted by molar-refractivity contribution is -0.125. The van der Waals surface area contributed by atoms with E-state index in [1.54, 1.807) is 0 Å². The van der Waals surface area contributed by atoms with Crippen molar-refractivity contribution in [2.24, 2.45) is 0 Å². The molecule has 2 rings (SSSR count). The Bertz CT molecular complexity index is 298. The van der Waals surface area contributed by atoms with Crippen molar-refractivity contribution in [2.45, 2.75) is 44.7 Å². The van der Waals surface area contributed by atoms with E-state index in [0.717, 1.165) is 32.5 Å². The van der Waals surface area contributed by atoms with Crippen LogP contribution >= 0.6 is 0 Å². The van der Waals surface area contributed by atoms with E-state index in [-0.39, 0.29) is 17.9 Å². The van der Waals surface area contributed by atoms with Crippen LogP contribution in [0.3, 0.4) is 0 Å². The van der Waals surface area contributed by atoms with Crippen LogP contribution in [-0.2, 0) is 9.59 Å². The molecule has 0 radical (unpaired) electrons. The lowest BCUT2D eigenvalue weighted by Gasteiger charge is -2.33. The number of amides is 2. The van der Waals surface area contributed by atoms with E-state index in [1.165, 1.54) is 6.42 Å². The predicted molar refractivity (Wildman–Crippen MR) is 64.4 cm³/mol. The first-order chi connectivity index (χ1) is 8.19. The molecular formula is C12H21N3O2. The summed E-state index contributed by atoms with van der Waals surface area (Å²) in [5.41, 5.74) is 0. The highest BCUT2D eigenvalue weighted by Gasteiger charge is 2.32. The molecule has 0 bridgehead atoms. The van der Waals surface area contributed by atoms with Gasteiger partial charge in [-0.25, -0.2) is 0 Å². The summed E-state index contributed by atoms with van der Waals surface area (Å²) in [6, 6.07) is 0.0787. The number of nitrogens with zero attached hydrogens (tertiary/aromatic N) is 1. The Kier molecular flexibility index (Phi) is 4.12. The summed E-state index contributed by atoms with van der Waals surface area (Å²) >= 11 is 0. The first-order valence-corrected chi connectivity index (χ1v) is 6.51. The average molecular weight is 239 g/mol. The van der Waals surface area contributed by atoms with Crippen LogP contribution in [0.4, 0.5) is 0 Å². The Morgan fingerprint density at radius 2 is 2.06 bits per heavy atom. The zero-order chi connectivity index (χ0) is 12.3. The van der Waals surface area contributed by atoms with Crippen LogP contribution in [-0.4, -0.2) is 48.4 Å². The number of nitrogens with one attached hydrogen (secondary N) is 2. The Hall–Kier alpha value is -0.940. The highest BCUT2D eigenvalue weighted by molar-refractivity contribution is 6.05. The summed E-state index contributed by atoms with van der Waals surface area (Å²) in [7, 11) is 0. The van der Waals surface area contributed by atoms with Crippen molar-refractivity contribution in [1.29, 1.82) is 0 Å². The van der Waals surface area contributed by atoms with Gasteiger partial charge in [-0.15, -0.1) is 0 Å². The fraction of sp³-hybridized carbons (Fsp3) is 0.833. The van der Waals surface area contributed by atoms with Crippen molar-refractivity contribution in [3.05, 3.63) is 0 Å². The minimum atomic E-state index is -0.301. The van der Waals surface area contributed by atoms with E-state index in [0.29, 0.717) is 12.5 Å². The fourth-order valence-electron chi connectivity index (χ4n) is 2.61. The van der Waals surface area contributed by atoms with Crippen LogP contribution in [0.15, 0.2) is 0 Å². The lowest BCUT2D eigenvalue weighted by atomic mass is 10.0. The molecule has 1 atom stereocenters. The summed E-state index contributed by atoms with van der Waals surface area (Å²) in [5, 5.41) is 5.64. The van der Waals surface area contributed by atoms with Crippen LogP contribution in [0.25, 0.3) is 0 Å². The van der Waals surface area contributed by atoms with Gasteiger partial charge < -0.3 is 10.2 Å². The molecule has 1 unspecified atom stereocenters. The molecule has 0 aromatic rings. The number of imide groups is 1. The van der Waals surface area contributed by atoms with E-state index in [9.17, 15) is 9.59 Å². The van der Waals surface area contributed by atoms with Gasteiger partial charge in [0.25, 0.3) is 0 Å². The van der Waals surface area contributed by atoms with Gasteiger partial charge in [-0.1, -0.05) is 6.92 Å². The molecule has 2 heterocycles. The predicted octanol–water partition coefficient (Wildman–Crippen LogP) is -0.134. The normalized spacial score (nSPS) is 27.5. The molecule has 0 saturated carbocycles. The first-order valence-electron chi connectivity index (χ1n) is 6.51. The first kappa shape index (κ1) is 12.5. The van der Waals surface area contributed by atoms with E-state index >= 15 is 0 Å². The van der Waals surface area contributed by atoms with Gasteiger partial charge >= 0.3 is 0 Å². The maximum Gasteiger partial charge on any atom is 0.244 e. The molecule has 0 spiro atoms. The third-order valence-corrected chi connectivity index (χ3v) is 3.53. The molecule has 0 aliphatic carbocycles. The highest BCUT2D eigenvalue weighted by Crippen LogP contribution is 2.13. The summed E-state index contributed by atoms with van der Waals surface area (Å²) in [6.07, 6.45) is 3.63. The molecule has 5 heteroatoms. The number of rotatable bonds is 4. The third-order valence-electron chi connectivity index (χ3n) is 3.53. The second-order valence-electron chi connectivity index (χ2n) is 4.95. The van der Waals surface area contributed by atoms with Gasteiger partial charge in [0.15, 0.2) is 0 Å². The van der Waals surface area contributed by atoms with Crippen LogP contribution in [0.2, 0.25) is 0 Å². The Morgan fingerprint density at radius 1 is 1.35 bits per heavy atom. The Labute approximate surface area is 102 Å². The van der Waals surface area contributed by atoms with Gasteiger partial charge in [0.2, 0.25) is 11.8 Å². The van der Waals surface area contributed by atoms with E-state index in [4.69, 9.17) is 0 Å². The molecule has 0 aromatic heterocycles. The largest absolute Gasteiger partial charge is 0.303 e. The summed E-state index contributed by atoms with van der Waals surface area (Å²) in [4.78, 5) is 24.9. The van der Waals surface area contributed by atoms with Crippen LogP contribution in [0.5, 0.6) is 0 Å². The number of carbonyl (C=O) groups excluding carboxylic acids is 2. The van der Waals surface area contributed by atoms with Crippen molar-refractivity contribution in [3.63, 3.8) is 0 Å². The van der Waals surface area contributed by atoms with Crippen molar-refractivity contribution in [1.82, 2.24) is 15.5 Å². The molecule has 2 aliphatic heterocycles. The van der Waals surface area contributed by atoms with Crippen molar-refractivity contribution in [2.75, 3.05) is 19.6 Å². The molecule has 17 heavy (non-hydrogen) atoms. The topological polar surface area (TPSA) is 61.4 Å². The molecular weight excluding hydrogens is 218 g/mol. The molecule has 0 aromatic carbocycles. The number of hydrogen-bond donors (Lipinski definition) is 2. The summed E-state index contributed by atoms with van der Waals surface area (Å²) in [6.45, 7) is 5.54. The zero-order valence-electron chi connectivity index (χ0n) is 10.4. The molecule has 2 amide bonds. The number of likely N-dealkylation sites (tertiary alicyclic amines) is 1. The SMILES string of the molecule is CCCN1CCC(NC2CC(=O)NC2=O)CC1. The van der Waals surface area contributed by atoms with E-state index in [1.807, 2.05) is 0 Å².